The van der Waals surface area contributed by atoms with E-state index in [1.807, 2.05) is 55.5 Å². The van der Waals surface area contributed by atoms with E-state index in [4.69, 9.17) is 4.99 Å². The molecule has 0 aromatic heterocycles. The van der Waals surface area contributed by atoms with Gasteiger partial charge in [-0.3, -0.25) is 9.79 Å². The summed E-state index contributed by atoms with van der Waals surface area (Å²) < 4.78 is 0. The Morgan fingerprint density at radius 2 is 1.80 bits per heavy atom. The summed E-state index contributed by atoms with van der Waals surface area (Å²) in [5.74, 6) is -0.0796. The first kappa shape index (κ1) is 20.4. The summed E-state index contributed by atoms with van der Waals surface area (Å²) in [5, 5.41) is 3.10. The number of rotatable bonds is 5. The maximum absolute atomic E-state index is 12.9. The molecule has 152 valence electrons. The number of hydrogen-bond donors (Lipinski definition) is 1. The van der Waals surface area contributed by atoms with Crippen LogP contribution in [0.5, 0.6) is 0 Å². The Bertz CT molecular complexity index is 1110. The minimum Gasteiger partial charge on any atom is -0.346 e. The predicted octanol–water partition coefficient (Wildman–Crippen LogP) is 6.87. The molecule has 1 aliphatic heterocycles. The number of fused-ring (bicyclic) bond motifs is 2. The number of carbonyl (C=O) groups excluding carboxylic acids is 1. The molecule has 3 nitrogen and oxygen atoms in total. The molecule has 0 aliphatic carbocycles. The smallest absolute Gasteiger partial charge is 0.251 e. The number of carbonyl (C=O) groups is 1. The second-order valence-electron chi connectivity index (χ2n) is 7.70. The fraction of sp³-hybridized carbons (Fsp3) is 0.231. The van der Waals surface area contributed by atoms with Gasteiger partial charge in [0.1, 0.15) is 0 Å². The molecule has 1 aliphatic rings. The van der Waals surface area contributed by atoms with E-state index >= 15 is 0 Å². The van der Waals surface area contributed by atoms with Crippen molar-refractivity contribution in [3.05, 3.63) is 89.0 Å². The summed E-state index contributed by atoms with van der Waals surface area (Å²) in [6.45, 7) is 6.29. The van der Waals surface area contributed by atoms with Crippen molar-refractivity contribution in [3.8, 4) is 0 Å². The zero-order valence-electron chi connectivity index (χ0n) is 17.6. The molecule has 1 atom stereocenters. The molecule has 3 aromatic rings. The molecule has 0 saturated heterocycles. The number of hydrogen-bond acceptors (Lipinski definition) is 3. The molecule has 1 heterocycles. The lowest BCUT2D eigenvalue weighted by Gasteiger charge is -2.15. The van der Waals surface area contributed by atoms with E-state index in [0.717, 1.165) is 34.7 Å². The normalized spacial score (nSPS) is 13.5. The highest BCUT2D eigenvalue weighted by atomic mass is 32.2. The molecule has 0 saturated carbocycles. The first-order valence-electron chi connectivity index (χ1n) is 10.4. The maximum Gasteiger partial charge on any atom is 0.251 e. The van der Waals surface area contributed by atoms with Crippen LogP contribution in [0, 0.1) is 6.92 Å². The van der Waals surface area contributed by atoms with Gasteiger partial charge >= 0.3 is 0 Å². The summed E-state index contributed by atoms with van der Waals surface area (Å²) in [4.78, 5) is 20.2. The fourth-order valence-corrected chi connectivity index (χ4v) is 4.65. The lowest BCUT2D eigenvalue weighted by atomic mass is 10.0. The van der Waals surface area contributed by atoms with Crippen molar-refractivity contribution in [1.82, 2.24) is 5.32 Å². The molecule has 4 rings (SSSR count). The number of aliphatic imine (C=N–C) groups is 1. The Morgan fingerprint density at radius 1 is 1.03 bits per heavy atom. The van der Waals surface area contributed by atoms with Crippen molar-refractivity contribution in [2.45, 2.75) is 49.4 Å². The Morgan fingerprint density at radius 3 is 2.57 bits per heavy atom. The zero-order valence-corrected chi connectivity index (χ0v) is 18.4. The molecule has 0 bridgehead atoms. The van der Waals surface area contributed by atoms with Crippen LogP contribution in [-0.2, 0) is 0 Å². The molecule has 0 fully saturated rings. The van der Waals surface area contributed by atoms with Gasteiger partial charge in [0.15, 0.2) is 0 Å². The van der Waals surface area contributed by atoms with E-state index in [9.17, 15) is 4.79 Å². The van der Waals surface area contributed by atoms with Crippen molar-refractivity contribution in [3.63, 3.8) is 0 Å². The SMILES string of the molecule is CCCC1=Nc2cc(C(=O)N[C@@H](C)c3ccccc3)ccc2Sc2ccc(C)cc21. The van der Waals surface area contributed by atoms with Crippen LogP contribution in [0.2, 0.25) is 0 Å². The van der Waals surface area contributed by atoms with E-state index in [-0.39, 0.29) is 11.9 Å². The first-order valence-corrected chi connectivity index (χ1v) is 11.2. The molecule has 0 unspecified atom stereocenters. The Balaban J connectivity index is 1.65. The van der Waals surface area contributed by atoms with Gasteiger partial charge in [0.25, 0.3) is 5.91 Å². The molecule has 4 heteroatoms. The van der Waals surface area contributed by atoms with Crippen molar-refractivity contribution in [2.24, 2.45) is 4.99 Å². The van der Waals surface area contributed by atoms with Gasteiger partial charge in [0, 0.05) is 26.6 Å². The molecule has 1 N–H and O–H groups in total. The van der Waals surface area contributed by atoms with Crippen LogP contribution in [0.15, 0.2) is 81.5 Å². The Labute approximate surface area is 182 Å². The lowest BCUT2D eigenvalue weighted by molar-refractivity contribution is 0.0940. The molecular weight excluding hydrogens is 388 g/mol. The molecular formula is C26H26N2OS. The van der Waals surface area contributed by atoms with Crippen LogP contribution in [-0.4, -0.2) is 11.6 Å². The van der Waals surface area contributed by atoms with Gasteiger partial charge in [-0.15, -0.1) is 0 Å². The predicted molar refractivity (Wildman–Crippen MR) is 125 cm³/mol. The highest BCUT2D eigenvalue weighted by Gasteiger charge is 2.19. The summed E-state index contributed by atoms with van der Waals surface area (Å²) in [7, 11) is 0. The highest BCUT2D eigenvalue weighted by Crippen LogP contribution is 2.41. The summed E-state index contributed by atoms with van der Waals surface area (Å²) in [6, 6.07) is 22.3. The average Bonchev–Trinajstić information content (AvgIpc) is 2.90. The molecule has 3 aromatic carbocycles. The summed E-state index contributed by atoms with van der Waals surface area (Å²) in [6.07, 6.45) is 1.94. The van der Waals surface area contributed by atoms with Crippen molar-refractivity contribution in [1.29, 1.82) is 0 Å². The lowest BCUT2D eigenvalue weighted by Crippen LogP contribution is -2.26. The monoisotopic (exact) mass is 414 g/mol. The Hall–Kier alpha value is -2.85. The van der Waals surface area contributed by atoms with Gasteiger partial charge in [-0.25, -0.2) is 0 Å². The topological polar surface area (TPSA) is 41.5 Å². The number of aryl methyl sites for hydroxylation is 1. The molecule has 1 amide bonds. The second kappa shape index (κ2) is 8.88. The van der Waals surface area contributed by atoms with Crippen LogP contribution >= 0.6 is 11.8 Å². The van der Waals surface area contributed by atoms with E-state index in [1.54, 1.807) is 11.8 Å². The number of benzene rings is 3. The van der Waals surface area contributed by atoms with Gasteiger partial charge < -0.3 is 5.32 Å². The zero-order chi connectivity index (χ0) is 21.1. The number of nitrogens with one attached hydrogen (secondary N) is 1. The molecule has 30 heavy (non-hydrogen) atoms. The van der Waals surface area contributed by atoms with Crippen LogP contribution in [0.1, 0.15) is 59.8 Å². The van der Waals surface area contributed by atoms with Crippen molar-refractivity contribution in [2.75, 3.05) is 0 Å². The van der Waals surface area contributed by atoms with Crippen LogP contribution in [0.25, 0.3) is 0 Å². The second-order valence-corrected chi connectivity index (χ2v) is 8.78. The van der Waals surface area contributed by atoms with E-state index in [1.165, 1.54) is 16.0 Å². The number of nitrogens with zero attached hydrogens (tertiary/aromatic N) is 1. The van der Waals surface area contributed by atoms with E-state index in [0.29, 0.717) is 5.56 Å². The van der Waals surface area contributed by atoms with E-state index in [2.05, 4.69) is 37.4 Å². The summed E-state index contributed by atoms with van der Waals surface area (Å²) in [5.41, 5.74) is 6.14. The van der Waals surface area contributed by atoms with E-state index < -0.39 is 0 Å². The first-order chi connectivity index (χ1) is 14.5. The quantitative estimate of drug-likeness (QED) is 0.495. The van der Waals surface area contributed by atoms with Gasteiger partial charge in [-0.2, -0.15) is 0 Å². The Kier molecular flexibility index (Phi) is 6.05. The minimum atomic E-state index is -0.0796. The van der Waals surface area contributed by atoms with Crippen LogP contribution < -0.4 is 5.32 Å². The van der Waals surface area contributed by atoms with Crippen molar-refractivity contribution < 1.29 is 4.79 Å². The third-order valence-electron chi connectivity index (χ3n) is 5.28. The van der Waals surface area contributed by atoms with Crippen LogP contribution in [0.4, 0.5) is 5.69 Å². The number of amides is 1. The fourth-order valence-electron chi connectivity index (χ4n) is 3.65. The standard InChI is InChI=1S/C26H26N2OS/c1-4-8-22-21-15-17(2)11-13-24(21)30-25-14-12-20(16-23(25)28-22)26(29)27-18(3)19-9-6-5-7-10-19/h5-7,9-16,18H,4,8H2,1-3H3,(H,27,29)/t18-/m0/s1. The molecule has 0 spiro atoms. The summed E-state index contributed by atoms with van der Waals surface area (Å²) >= 11 is 1.73. The van der Waals surface area contributed by atoms with Gasteiger partial charge in [0.2, 0.25) is 0 Å². The van der Waals surface area contributed by atoms with Gasteiger partial charge in [0.05, 0.1) is 11.7 Å². The van der Waals surface area contributed by atoms with Crippen LogP contribution in [0.3, 0.4) is 0 Å². The molecule has 0 radical (unpaired) electrons. The third-order valence-corrected chi connectivity index (χ3v) is 6.42. The largest absolute Gasteiger partial charge is 0.346 e. The average molecular weight is 415 g/mol. The van der Waals surface area contributed by atoms with Gasteiger partial charge in [-0.1, -0.05) is 67.1 Å². The third kappa shape index (κ3) is 4.34. The maximum atomic E-state index is 12.9. The van der Waals surface area contributed by atoms with Gasteiger partial charge in [-0.05, 0) is 56.2 Å². The highest BCUT2D eigenvalue weighted by molar-refractivity contribution is 7.99. The minimum absolute atomic E-state index is 0.0572. The van der Waals surface area contributed by atoms with Crippen molar-refractivity contribution >= 4 is 29.1 Å².